The first-order valence-electron chi connectivity index (χ1n) is 17.1. The largest absolute Gasteiger partial charge is 0.465 e. The van der Waals surface area contributed by atoms with Crippen molar-refractivity contribution in [3.63, 3.8) is 0 Å². The third kappa shape index (κ3) is 18.6. The number of unbranched alkanes of at least 4 members (excludes halogenated alkanes) is 20. The fourth-order valence-electron chi connectivity index (χ4n) is 5.78. The van der Waals surface area contributed by atoms with Gasteiger partial charge in [-0.1, -0.05) is 161 Å². The Kier molecular flexibility index (Phi) is 23.5. The van der Waals surface area contributed by atoms with Gasteiger partial charge in [0.1, 0.15) is 0 Å². The van der Waals surface area contributed by atoms with E-state index in [0.29, 0.717) is 19.6 Å². The molecule has 0 fully saturated rings. The molecule has 3 unspecified atom stereocenters. The van der Waals surface area contributed by atoms with Crippen LogP contribution in [0.1, 0.15) is 168 Å². The van der Waals surface area contributed by atoms with Crippen molar-refractivity contribution in [2.24, 2.45) is 17.8 Å². The van der Waals surface area contributed by atoms with Crippen LogP contribution in [0.15, 0.2) is 12.2 Å². The zero-order valence-electron chi connectivity index (χ0n) is 26.2. The molecule has 0 amide bonds. The van der Waals surface area contributed by atoms with Crippen molar-refractivity contribution < 1.29 is 19.1 Å². The number of esters is 2. The van der Waals surface area contributed by atoms with Gasteiger partial charge in [-0.05, 0) is 25.2 Å². The lowest BCUT2D eigenvalue weighted by atomic mass is 9.76. The van der Waals surface area contributed by atoms with Crippen LogP contribution in [0.5, 0.6) is 0 Å². The topological polar surface area (TPSA) is 52.6 Å². The van der Waals surface area contributed by atoms with Crippen molar-refractivity contribution in [2.75, 3.05) is 13.2 Å². The van der Waals surface area contributed by atoms with Crippen LogP contribution in [0.4, 0.5) is 0 Å². The molecule has 4 nitrogen and oxygen atoms in total. The molecule has 1 aliphatic rings. The Balaban J connectivity index is 2.13. The third-order valence-electron chi connectivity index (χ3n) is 8.39. The highest BCUT2D eigenvalue weighted by Gasteiger charge is 2.40. The number of ether oxygens (including phenoxy) is 2. The predicted octanol–water partition coefficient (Wildman–Crippen LogP) is 10.5. The van der Waals surface area contributed by atoms with E-state index in [4.69, 9.17) is 9.47 Å². The molecule has 0 saturated carbocycles. The number of allylic oxidation sites excluding steroid dienone is 2. The van der Waals surface area contributed by atoms with E-state index in [1.54, 1.807) is 0 Å². The first kappa shape index (κ1) is 35.7. The van der Waals surface area contributed by atoms with E-state index >= 15 is 0 Å². The lowest BCUT2D eigenvalue weighted by molar-refractivity contribution is -0.162. The molecule has 0 spiro atoms. The lowest BCUT2D eigenvalue weighted by Gasteiger charge is -2.30. The summed E-state index contributed by atoms with van der Waals surface area (Å²) >= 11 is 0. The molecule has 39 heavy (non-hydrogen) atoms. The smallest absolute Gasteiger partial charge is 0.310 e. The van der Waals surface area contributed by atoms with E-state index in [2.05, 4.69) is 13.8 Å². The van der Waals surface area contributed by atoms with Gasteiger partial charge in [-0.25, -0.2) is 0 Å². The first-order chi connectivity index (χ1) is 19.1. The van der Waals surface area contributed by atoms with Gasteiger partial charge in [0.15, 0.2) is 0 Å². The minimum absolute atomic E-state index is 0.00287. The van der Waals surface area contributed by atoms with Gasteiger partial charge in [0.25, 0.3) is 0 Å². The summed E-state index contributed by atoms with van der Waals surface area (Å²) in [5, 5.41) is 0. The van der Waals surface area contributed by atoms with Crippen LogP contribution in [-0.2, 0) is 19.1 Å². The zero-order chi connectivity index (χ0) is 28.4. The zero-order valence-corrected chi connectivity index (χ0v) is 26.2. The Morgan fingerprint density at radius 3 is 1.33 bits per heavy atom. The van der Waals surface area contributed by atoms with E-state index in [1.165, 1.54) is 116 Å². The third-order valence-corrected chi connectivity index (χ3v) is 8.39. The molecule has 0 aromatic heterocycles. The van der Waals surface area contributed by atoms with Gasteiger partial charge in [-0.2, -0.15) is 0 Å². The number of carbonyl (C=O) groups excluding carboxylic acids is 2. The molecule has 0 aliphatic heterocycles. The number of hydrogen-bond acceptors (Lipinski definition) is 4. The fourth-order valence-corrected chi connectivity index (χ4v) is 5.78. The summed E-state index contributed by atoms with van der Waals surface area (Å²) in [5.74, 6) is -1.29. The van der Waals surface area contributed by atoms with E-state index in [1.807, 2.05) is 19.1 Å². The summed E-state index contributed by atoms with van der Waals surface area (Å²) in [6.07, 6.45) is 32.6. The predicted molar refractivity (Wildman–Crippen MR) is 165 cm³/mol. The van der Waals surface area contributed by atoms with Gasteiger partial charge in [-0.3, -0.25) is 9.59 Å². The monoisotopic (exact) mass is 548 g/mol. The second-order valence-electron chi connectivity index (χ2n) is 12.1. The van der Waals surface area contributed by atoms with Crippen molar-refractivity contribution >= 4 is 11.9 Å². The fraction of sp³-hybridized carbons (Fsp3) is 0.886. The lowest BCUT2D eigenvalue weighted by Crippen LogP contribution is -2.38. The van der Waals surface area contributed by atoms with Crippen LogP contribution >= 0.6 is 0 Å². The van der Waals surface area contributed by atoms with Crippen LogP contribution in [-0.4, -0.2) is 25.2 Å². The molecule has 0 aromatic carbocycles. The maximum Gasteiger partial charge on any atom is 0.310 e. The molecule has 0 heterocycles. The molecular formula is C35H64O4. The molecule has 0 bridgehead atoms. The average molecular weight is 549 g/mol. The quantitative estimate of drug-likeness (QED) is 0.0613. The first-order valence-corrected chi connectivity index (χ1v) is 17.1. The molecule has 228 valence electrons. The number of hydrogen-bond donors (Lipinski definition) is 0. The Bertz CT molecular complexity index is 614. The van der Waals surface area contributed by atoms with Crippen LogP contribution in [0.2, 0.25) is 0 Å². The maximum absolute atomic E-state index is 12.9. The minimum Gasteiger partial charge on any atom is -0.465 e. The molecule has 1 aliphatic carbocycles. The standard InChI is InChI=1S/C35H64O4/c1-4-6-8-10-12-14-16-18-20-22-24-29-38-34(36)32-28-26-27-31(3)33(32)35(37)39-30-25-23-21-19-17-15-13-11-9-7-5-2/h26-27,31-33H,4-25,28-30H2,1-3H3. The Morgan fingerprint density at radius 1 is 0.564 bits per heavy atom. The van der Waals surface area contributed by atoms with Gasteiger partial charge < -0.3 is 9.47 Å². The second kappa shape index (κ2) is 25.6. The summed E-state index contributed by atoms with van der Waals surface area (Å²) in [4.78, 5) is 25.8. The molecule has 0 saturated heterocycles. The van der Waals surface area contributed by atoms with Crippen LogP contribution in [0.25, 0.3) is 0 Å². The summed E-state index contributed by atoms with van der Waals surface area (Å²) < 4.78 is 11.3. The van der Waals surface area contributed by atoms with E-state index in [-0.39, 0.29) is 17.9 Å². The van der Waals surface area contributed by atoms with Gasteiger partial charge in [0.05, 0.1) is 25.0 Å². The summed E-state index contributed by atoms with van der Waals surface area (Å²) in [6.45, 7) is 7.46. The average Bonchev–Trinajstić information content (AvgIpc) is 2.93. The van der Waals surface area contributed by atoms with E-state index in [9.17, 15) is 9.59 Å². The molecule has 3 atom stereocenters. The van der Waals surface area contributed by atoms with Crippen molar-refractivity contribution in [3.05, 3.63) is 12.2 Å². The highest BCUT2D eigenvalue weighted by Crippen LogP contribution is 2.32. The van der Waals surface area contributed by atoms with E-state index < -0.39 is 11.8 Å². The molecule has 0 radical (unpaired) electrons. The van der Waals surface area contributed by atoms with E-state index in [0.717, 1.165) is 25.7 Å². The van der Waals surface area contributed by atoms with Crippen LogP contribution < -0.4 is 0 Å². The molecule has 1 rings (SSSR count). The second-order valence-corrected chi connectivity index (χ2v) is 12.1. The van der Waals surface area contributed by atoms with Gasteiger partial charge in [0, 0.05) is 0 Å². The normalized spacial score (nSPS) is 18.8. The van der Waals surface area contributed by atoms with Gasteiger partial charge in [-0.15, -0.1) is 0 Å². The summed E-state index contributed by atoms with van der Waals surface area (Å²) in [7, 11) is 0. The highest BCUT2D eigenvalue weighted by atomic mass is 16.5. The number of carbonyl (C=O) groups is 2. The minimum atomic E-state index is -0.424. The Hall–Kier alpha value is -1.32. The summed E-state index contributed by atoms with van der Waals surface area (Å²) in [5.41, 5.74) is 0. The molecule has 4 heteroatoms. The van der Waals surface area contributed by atoms with Crippen molar-refractivity contribution in [3.8, 4) is 0 Å². The molecular weight excluding hydrogens is 484 g/mol. The highest BCUT2D eigenvalue weighted by molar-refractivity contribution is 5.83. The SMILES string of the molecule is CCCCCCCCCCCCCOC(=O)C1CC=CC(C)C1C(=O)OCCCCCCCCCCCCC. The summed E-state index contributed by atoms with van der Waals surface area (Å²) in [6, 6.07) is 0. The maximum atomic E-state index is 12.9. The van der Waals surface area contributed by atoms with Gasteiger partial charge in [0.2, 0.25) is 0 Å². The molecule has 0 N–H and O–H groups in total. The molecule has 0 aromatic rings. The Labute approximate surface area is 242 Å². The van der Waals surface area contributed by atoms with Crippen molar-refractivity contribution in [1.29, 1.82) is 0 Å². The Morgan fingerprint density at radius 2 is 0.923 bits per heavy atom. The van der Waals surface area contributed by atoms with Gasteiger partial charge >= 0.3 is 11.9 Å². The van der Waals surface area contributed by atoms with Crippen molar-refractivity contribution in [2.45, 2.75) is 168 Å². The number of rotatable bonds is 26. The van der Waals surface area contributed by atoms with Crippen molar-refractivity contribution in [1.82, 2.24) is 0 Å². The van der Waals surface area contributed by atoms with Crippen LogP contribution in [0, 0.1) is 17.8 Å². The van der Waals surface area contributed by atoms with Crippen LogP contribution in [0.3, 0.4) is 0 Å².